The zero-order valence-corrected chi connectivity index (χ0v) is 13.4. The molecule has 0 saturated carbocycles. The molecule has 6 heteroatoms. The molecule has 6 nitrogen and oxygen atoms in total. The normalized spacial score (nSPS) is 11.3. The van der Waals surface area contributed by atoms with Gasteiger partial charge in [0.05, 0.1) is 7.11 Å². The van der Waals surface area contributed by atoms with Gasteiger partial charge >= 0.3 is 0 Å². The molecule has 0 aromatic carbocycles. The van der Waals surface area contributed by atoms with Crippen LogP contribution in [0.5, 0.6) is 5.88 Å². The predicted octanol–water partition coefficient (Wildman–Crippen LogP) is 2.59. The molecular weight excluding hydrogens is 266 g/mol. The van der Waals surface area contributed by atoms with Crippen molar-refractivity contribution in [2.45, 2.75) is 33.1 Å². The summed E-state index contributed by atoms with van der Waals surface area (Å²) in [6.07, 6.45) is 3.23. The summed E-state index contributed by atoms with van der Waals surface area (Å²) in [5.41, 5.74) is 2.12. The quantitative estimate of drug-likeness (QED) is 0.935. The van der Waals surface area contributed by atoms with E-state index in [2.05, 4.69) is 41.0 Å². The third-order valence-electron chi connectivity index (χ3n) is 3.14. The summed E-state index contributed by atoms with van der Waals surface area (Å²) < 4.78 is 5.30. The average Bonchev–Trinajstić information content (AvgIpc) is 2.46. The van der Waals surface area contributed by atoms with Gasteiger partial charge in [-0.05, 0) is 6.92 Å². The van der Waals surface area contributed by atoms with Crippen LogP contribution in [0.15, 0.2) is 12.4 Å². The van der Waals surface area contributed by atoms with E-state index in [0.29, 0.717) is 11.6 Å². The molecule has 21 heavy (non-hydrogen) atoms. The first kappa shape index (κ1) is 15.2. The largest absolute Gasteiger partial charge is 0.479 e. The maximum atomic E-state index is 5.30. The Hall–Kier alpha value is -2.24. The molecule has 2 aromatic heterocycles. The van der Waals surface area contributed by atoms with Crippen LogP contribution in [0.4, 0.5) is 5.82 Å². The van der Waals surface area contributed by atoms with Crippen LogP contribution in [-0.2, 0) is 5.41 Å². The van der Waals surface area contributed by atoms with Crippen LogP contribution in [0.3, 0.4) is 0 Å². The maximum Gasteiger partial charge on any atom is 0.241 e. The minimum atomic E-state index is -0.163. The number of nitrogens with zero attached hydrogens (tertiary/aromatic N) is 4. The van der Waals surface area contributed by atoms with Crippen molar-refractivity contribution in [2.75, 3.05) is 19.5 Å². The highest BCUT2D eigenvalue weighted by molar-refractivity contribution is 5.68. The number of aromatic nitrogens is 4. The van der Waals surface area contributed by atoms with Gasteiger partial charge < -0.3 is 10.1 Å². The van der Waals surface area contributed by atoms with E-state index in [1.165, 1.54) is 0 Å². The zero-order chi connectivity index (χ0) is 15.6. The second-order valence-electron chi connectivity index (χ2n) is 5.78. The van der Waals surface area contributed by atoms with Crippen molar-refractivity contribution in [3.63, 3.8) is 0 Å². The molecule has 0 amide bonds. The Bertz CT molecular complexity index is 649. The Kier molecular flexibility index (Phi) is 4.06. The predicted molar refractivity (Wildman–Crippen MR) is 82.6 cm³/mol. The van der Waals surface area contributed by atoms with Gasteiger partial charge in [-0.3, -0.25) is 0 Å². The van der Waals surface area contributed by atoms with Crippen LogP contribution in [0.2, 0.25) is 0 Å². The van der Waals surface area contributed by atoms with E-state index in [0.717, 1.165) is 22.9 Å². The molecule has 1 N–H and O–H groups in total. The van der Waals surface area contributed by atoms with Gasteiger partial charge in [-0.15, -0.1) is 0 Å². The molecule has 0 aliphatic carbocycles. The molecule has 0 unspecified atom stereocenters. The van der Waals surface area contributed by atoms with E-state index >= 15 is 0 Å². The van der Waals surface area contributed by atoms with Gasteiger partial charge in [0.25, 0.3) is 0 Å². The second kappa shape index (κ2) is 5.63. The molecule has 0 bridgehead atoms. The fraction of sp³-hybridized carbons (Fsp3) is 0.467. The van der Waals surface area contributed by atoms with Crippen LogP contribution in [0, 0.1) is 6.92 Å². The van der Waals surface area contributed by atoms with Crippen LogP contribution in [0.1, 0.15) is 32.2 Å². The van der Waals surface area contributed by atoms with Crippen molar-refractivity contribution in [3.8, 4) is 17.3 Å². The molecule has 112 valence electrons. The lowest BCUT2D eigenvalue weighted by Gasteiger charge is -2.20. The van der Waals surface area contributed by atoms with Gasteiger partial charge in [-0.1, -0.05) is 20.8 Å². The highest BCUT2D eigenvalue weighted by Gasteiger charge is 2.23. The Morgan fingerprint density at radius 3 is 2.29 bits per heavy atom. The molecule has 0 spiro atoms. The van der Waals surface area contributed by atoms with Gasteiger partial charge in [0, 0.05) is 30.4 Å². The minimum Gasteiger partial charge on any atom is -0.479 e. The average molecular weight is 287 g/mol. The first-order chi connectivity index (χ1) is 9.88. The van der Waals surface area contributed by atoms with Crippen molar-refractivity contribution < 1.29 is 4.74 Å². The molecule has 2 heterocycles. The first-order valence-corrected chi connectivity index (χ1v) is 6.80. The lowest BCUT2D eigenvalue weighted by Crippen LogP contribution is -2.18. The monoisotopic (exact) mass is 287 g/mol. The SMILES string of the molecule is CNc1nc(C(C)(C)C)nc(-c2nccnc2OC)c1C. The number of anilines is 1. The number of hydrogen-bond donors (Lipinski definition) is 1. The first-order valence-electron chi connectivity index (χ1n) is 6.80. The summed E-state index contributed by atoms with van der Waals surface area (Å²) in [6, 6.07) is 0. The summed E-state index contributed by atoms with van der Waals surface area (Å²) in [5.74, 6) is 2.00. The number of methoxy groups -OCH3 is 1. The van der Waals surface area contributed by atoms with Crippen molar-refractivity contribution in [1.29, 1.82) is 0 Å². The molecule has 0 aliphatic heterocycles. The lowest BCUT2D eigenvalue weighted by molar-refractivity contribution is 0.397. The molecule has 0 fully saturated rings. The van der Waals surface area contributed by atoms with E-state index in [-0.39, 0.29) is 5.41 Å². The number of rotatable bonds is 3. The number of nitrogens with one attached hydrogen (secondary N) is 1. The van der Waals surface area contributed by atoms with Crippen LogP contribution in [0.25, 0.3) is 11.4 Å². The number of ether oxygens (including phenoxy) is 1. The molecule has 0 aliphatic rings. The Labute approximate surface area is 125 Å². The highest BCUT2D eigenvalue weighted by Crippen LogP contribution is 2.31. The van der Waals surface area contributed by atoms with Crippen molar-refractivity contribution in [3.05, 3.63) is 23.8 Å². The standard InChI is InChI=1S/C15H21N5O/c1-9-10(11-13(21-6)18-8-7-17-11)19-14(15(2,3)4)20-12(9)16-5/h7-8H,1-6H3,(H,16,19,20). The van der Waals surface area contributed by atoms with Gasteiger partial charge in [-0.25, -0.2) is 19.9 Å². The summed E-state index contributed by atoms with van der Waals surface area (Å²) in [5, 5.41) is 3.12. The Morgan fingerprint density at radius 1 is 1.05 bits per heavy atom. The molecule has 2 rings (SSSR count). The molecule has 0 atom stereocenters. The van der Waals surface area contributed by atoms with Crippen molar-refractivity contribution in [2.24, 2.45) is 0 Å². The number of hydrogen-bond acceptors (Lipinski definition) is 6. The van der Waals surface area contributed by atoms with Gasteiger partial charge in [0.2, 0.25) is 5.88 Å². The zero-order valence-electron chi connectivity index (χ0n) is 13.4. The summed E-state index contributed by atoms with van der Waals surface area (Å²) in [4.78, 5) is 17.9. The minimum absolute atomic E-state index is 0.163. The fourth-order valence-electron chi connectivity index (χ4n) is 1.96. The van der Waals surface area contributed by atoms with Crippen LogP contribution >= 0.6 is 0 Å². The summed E-state index contributed by atoms with van der Waals surface area (Å²) in [6.45, 7) is 8.19. The van der Waals surface area contributed by atoms with Gasteiger partial charge in [0.15, 0.2) is 5.69 Å². The molecular formula is C15H21N5O. The molecule has 0 radical (unpaired) electrons. The summed E-state index contributed by atoms with van der Waals surface area (Å²) >= 11 is 0. The second-order valence-corrected chi connectivity index (χ2v) is 5.78. The molecule has 0 saturated heterocycles. The smallest absolute Gasteiger partial charge is 0.241 e. The fourth-order valence-corrected chi connectivity index (χ4v) is 1.96. The van der Waals surface area contributed by atoms with Gasteiger partial charge in [0.1, 0.15) is 17.3 Å². The van der Waals surface area contributed by atoms with Crippen molar-refractivity contribution >= 4 is 5.82 Å². The topological polar surface area (TPSA) is 72.8 Å². The van der Waals surface area contributed by atoms with Crippen LogP contribution in [-0.4, -0.2) is 34.1 Å². The van der Waals surface area contributed by atoms with E-state index in [9.17, 15) is 0 Å². The van der Waals surface area contributed by atoms with Gasteiger partial charge in [-0.2, -0.15) is 0 Å². The molecule has 2 aromatic rings. The van der Waals surface area contributed by atoms with E-state index in [1.54, 1.807) is 19.5 Å². The highest BCUT2D eigenvalue weighted by atomic mass is 16.5. The Morgan fingerprint density at radius 2 is 1.71 bits per heavy atom. The maximum absolute atomic E-state index is 5.30. The van der Waals surface area contributed by atoms with E-state index in [4.69, 9.17) is 9.72 Å². The lowest BCUT2D eigenvalue weighted by atomic mass is 9.95. The third kappa shape index (κ3) is 2.94. The van der Waals surface area contributed by atoms with Crippen LogP contribution < -0.4 is 10.1 Å². The van der Waals surface area contributed by atoms with E-state index < -0.39 is 0 Å². The van der Waals surface area contributed by atoms with Crippen molar-refractivity contribution in [1.82, 2.24) is 19.9 Å². The van der Waals surface area contributed by atoms with E-state index in [1.807, 2.05) is 14.0 Å². The third-order valence-corrected chi connectivity index (χ3v) is 3.14. The summed E-state index contributed by atoms with van der Waals surface area (Å²) in [7, 11) is 3.42. The Balaban J connectivity index is 2.73.